The Labute approximate surface area is 104 Å². The van der Waals surface area contributed by atoms with E-state index < -0.39 is 10.0 Å². The van der Waals surface area contributed by atoms with Crippen LogP contribution in [0, 0.1) is 0 Å². The second kappa shape index (κ2) is 6.02. The van der Waals surface area contributed by atoms with Gasteiger partial charge in [0, 0.05) is 19.6 Å². The van der Waals surface area contributed by atoms with Crippen molar-refractivity contribution < 1.29 is 8.42 Å². The van der Waals surface area contributed by atoms with Gasteiger partial charge in [-0.3, -0.25) is 0 Å². The fraction of sp³-hybridized carbons (Fsp3) is 0.500. The largest absolute Gasteiger partial charge is 0.383 e. The van der Waals surface area contributed by atoms with Crippen LogP contribution >= 0.6 is 0 Å². The monoisotopic (exact) mass is 256 g/mol. The summed E-state index contributed by atoms with van der Waals surface area (Å²) < 4.78 is 25.8. The van der Waals surface area contributed by atoms with Crippen molar-refractivity contribution in [2.24, 2.45) is 0 Å². The summed E-state index contributed by atoms with van der Waals surface area (Å²) in [5, 5.41) is 3.12. The SMILES string of the molecule is CC.CCN1CCNc2ccccc2S1(=O)=O. The Bertz CT molecular complexity index is 457. The van der Waals surface area contributed by atoms with Crippen molar-refractivity contribution in [2.75, 3.05) is 25.0 Å². The van der Waals surface area contributed by atoms with Gasteiger partial charge in [-0.2, -0.15) is 4.31 Å². The van der Waals surface area contributed by atoms with Gasteiger partial charge < -0.3 is 5.32 Å². The summed E-state index contributed by atoms with van der Waals surface area (Å²) in [6.07, 6.45) is 0. The number of sulfonamides is 1. The molecule has 4 nitrogen and oxygen atoms in total. The first-order valence-electron chi connectivity index (χ1n) is 5.99. The van der Waals surface area contributed by atoms with Gasteiger partial charge in [0.1, 0.15) is 4.90 Å². The van der Waals surface area contributed by atoms with Gasteiger partial charge in [-0.15, -0.1) is 0 Å². The molecule has 0 amide bonds. The fourth-order valence-corrected chi connectivity index (χ4v) is 3.36. The van der Waals surface area contributed by atoms with E-state index in [0.29, 0.717) is 30.2 Å². The van der Waals surface area contributed by atoms with E-state index in [1.807, 2.05) is 26.8 Å². The predicted molar refractivity (Wildman–Crippen MR) is 70.7 cm³/mol. The van der Waals surface area contributed by atoms with Gasteiger partial charge >= 0.3 is 0 Å². The number of para-hydroxylation sites is 1. The smallest absolute Gasteiger partial charge is 0.245 e. The van der Waals surface area contributed by atoms with Crippen LogP contribution in [-0.2, 0) is 10.0 Å². The van der Waals surface area contributed by atoms with E-state index in [1.54, 1.807) is 18.2 Å². The number of hydrogen-bond acceptors (Lipinski definition) is 3. The molecule has 0 saturated heterocycles. The van der Waals surface area contributed by atoms with E-state index in [-0.39, 0.29) is 0 Å². The lowest BCUT2D eigenvalue weighted by Crippen LogP contribution is -2.32. The van der Waals surface area contributed by atoms with Crippen molar-refractivity contribution >= 4 is 15.7 Å². The molecular weight excluding hydrogens is 236 g/mol. The van der Waals surface area contributed by atoms with E-state index in [2.05, 4.69) is 5.32 Å². The molecule has 0 spiro atoms. The highest BCUT2D eigenvalue weighted by molar-refractivity contribution is 7.89. The Morgan fingerprint density at radius 3 is 2.59 bits per heavy atom. The third-order valence-electron chi connectivity index (χ3n) is 2.53. The minimum Gasteiger partial charge on any atom is -0.383 e. The molecule has 1 heterocycles. The Morgan fingerprint density at radius 2 is 1.94 bits per heavy atom. The molecule has 0 aromatic heterocycles. The van der Waals surface area contributed by atoms with Crippen LogP contribution in [0.2, 0.25) is 0 Å². The molecule has 1 aromatic rings. The van der Waals surface area contributed by atoms with Crippen LogP contribution in [-0.4, -0.2) is 32.4 Å². The highest BCUT2D eigenvalue weighted by Crippen LogP contribution is 2.26. The number of anilines is 1. The first kappa shape index (κ1) is 14.0. The first-order chi connectivity index (χ1) is 8.16. The van der Waals surface area contributed by atoms with Crippen LogP contribution in [0.4, 0.5) is 5.69 Å². The molecule has 1 aliphatic rings. The Hall–Kier alpha value is -1.07. The second-order valence-electron chi connectivity index (χ2n) is 3.42. The molecule has 17 heavy (non-hydrogen) atoms. The third kappa shape index (κ3) is 2.79. The topological polar surface area (TPSA) is 49.4 Å². The molecule has 1 aromatic carbocycles. The summed E-state index contributed by atoms with van der Waals surface area (Å²) in [5.74, 6) is 0. The van der Waals surface area contributed by atoms with Gasteiger partial charge in [-0.05, 0) is 12.1 Å². The van der Waals surface area contributed by atoms with Crippen LogP contribution in [0.1, 0.15) is 20.8 Å². The van der Waals surface area contributed by atoms with Crippen molar-refractivity contribution in [1.82, 2.24) is 4.31 Å². The molecule has 1 aliphatic heterocycles. The number of nitrogens with zero attached hydrogens (tertiary/aromatic N) is 1. The van der Waals surface area contributed by atoms with Crippen LogP contribution < -0.4 is 5.32 Å². The maximum Gasteiger partial charge on any atom is 0.245 e. The lowest BCUT2D eigenvalue weighted by molar-refractivity contribution is 0.443. The molecule has 0 atom stereocenters. The van der Waals surface area contributed by atoms with Crippen LogP contribution in [0.5, 0.6) is 0 Å². The molecular formula is C12H20N2O2S. The van der Waals surface area contributed by atoms with E-state index in [0.717, 1.165) is 0 Å². The predicted octanol–water partition coefficient (Wildman–Crippen LogP) is 2.15. The van der Waals surface area contributed by atoms with Gasteiger partial charge in [0.25, 0.3) is 0 Å². The van der Waals surface area contributed by atoms with Crippen LogP contribution in [0.15, 0.2) is 29.2 Å². The summed E-state index contributed by atoms with van der Waals surface area (Å²) in [6, 6.07) is 7.03. The number of nitrogens with one attached hydrogen (secondary N) is 1. The second-order valence-corrected chi connectivity index (χ2v) is 5.33. The number of fused-ring (bicyclic) bond motifs is 1. The van der Waals surface area contributed by atoms with Gasteiger partial charge in [0.05, 0.1) is 5.69 Å². The van der Waals surface area contributed by atoms with Crippen molar-refractivity contribution in [3.8, 4) is 0 Å². The lowest BCUT2D eigenvalue weighted by Gasteiger charge is -2.17. The molecule has 0 fully saturated rings. The average molecular weight is 256 g/mol. The lowest BCUT2D eigenvalue weighted by atomic mass is 10.3. The van der Waals surface area contributed by atoms with Crippen molar-refractivity contribution in [3.63, 3.8) is 0 Å². The normalized spacial score (nSPS) is 18.1. The highest BCUT2D eigenvalue weighted by Gasteiger charge is 2.27. The Kier molecular flexibility index (Phi) is 4.96. The minimum atomic E-state index is -3.30. The zero-order valence-corrected chi connectivity index (χ0v) is 11.4. The van der Waals surface area contributed by atoms with E-state index in [1.165, 1.54) is 4.31 Å². The first-order valence-corrected chi connectivity index (χ1v) is 7.43. The average Bonchev–Trinajstić information content (AvgIpc) is 2.49. The molecule has 1 N–H and O–H groups in total. The number of hydrogen-bond donors (Lipinski definition) is 1. The molecule has 0 unspecified atom stereocenters. The molecule has 0 radical (unpaired) electrons. The maximum absolute atomic E-state index is 12.1. The number of benzene rings is 1. The Balaban J connectivity index is 0.000000686. The van der Waals surface area contributed by atoms with Crippen LogP contribution in [0.25, 0.3) is 0 Å². The summed E-state index contributed by atoms with van der Waals surface area (Å²) in [7, 11) is -3.30. The zero-order valence-electron chi connectivity index (χ0n) is 10.6. The third-order valence-corrected chi connectivity index (χ3v) is 4.57. The molecule has 96 valence electrons. The molecule has 5 heteroatoms. The van der Waals surface area contributed by atoms with Gasteiger partial charge in [-0.25, -0.2) is 8.42 Å². The Morgan fingerprint density at radius 1 is 1.29 bits per heavy atom. The summed E-state index contributed by atoms with van der Waals surface area (Å²) in [6.45, 7) is 7.54. The quantitative estimate of drug-likeness (QED) is 0.837. The standard InChI is InChI=1S/C10H14N2O2S.C2H6/c1-2-12-8-7-11-9-5-3-4-6-10(9)15(12,13)14;1-2/h3-6,11H,2,7-8H2,1H3;1-2H3. The molecule has 0 saturated carbocycles. The molecule has 0 bridgehead atoms. The minimum absolute atomic E-state index is 0.379. The van der Waals surface area contributed by atoms with Gasteiger partial charge in [0.15, 0.2) is 0 Å². The summed E-state index contributed by atoms with van der Waals surface area (Å²) in [5.41, 5.74) is 0.702. The maximum atomic E-state index is 12.1. The highest BCUT2D eigenvalue weighted by atomic mass is 32.2. The summed E-state index contributed by atoms with van der Waals surface area (Å²) >= 11 is 0. The number of rotatable bonds is 1. The fourth-order valence-electron chi connectivity index (χ4n) is 1.74. The van der Waals surface area contributed by atoms with Gasteiger partial charge in [-0.1, -0.05) is 32.9 Å². The van der Waals surface area contributed by atoms with Crippen molar-refractivity contribution in [3.05, 3.63) is 24.3 Å². The molecule has 2 rings (SSSR count). The van der Waals surface area contributed by atoms with E-state index in [9.17, 15) is 8.42 Å². The van der Waals surface area contributed by atoms with E-state index >= 15 is 0 Å². The van der Waals surface area contributed by atoms with Crippen LogP contribution in [0.3, 0.4) is 0 Å². The summed E-state index contributed by atoms with van der Waals surface area (Å²) in [4.78, 5) is 0.379. The van der Waals surface area contributed by atoms with Crippen molar-refractivity contribution in [2.45, 2.75) is 25.7 Å². The molecule has 0 aliphatic carbocycles. The van der Waals surface area contributed by atoms with Crippen molar-refractivity contribution in [1.29, 1.82) is 0 Å². The van der Waals surface area contributed by atoms with Gasteiger partial charge in [0.2, 0.25) is 10.0 Å². The van der Waals surface area contributed by atoms with E-state index in [4.69, 9.17) is 0 Å². The number of likely N-dealkylation sites (N-methyl/N-ethyl adjacent to an activating group) is 1. The zero-order chi connectivity index (χ0) is 12.9.